The van der Waals surface area contributed by atoms with Crippen molar-refractivity contribution in [2.45, 2.75) is 31.5 Å². The number of hydrogen-bond donors (Lipinski definition) is 1. The minimum Gasteiger partial charge on any atom is -0.481 e. The summed E-state index contributed by atoms with van der Waals surface area (Å²) < 4.78 is 11.4. The van der Waals surface area contributed by atoms with Crippen molar-refractivity contribution in [2.24, 2.45) is 5.92 Å². The Hall–Kier alpha value is -1.92. The highest BCUT2D eigenvalue weighted by atomic mass is 16.5. The molecule has 3 atom stereocenters. The zero-order valence-corrected chi connectivity index (χ0v) is 13.6. The zero-order chi connectivity index (χ0) is 16.9. The van der Waals surface area contributed by atoms with E-state index in [9.17, 15) is 9.59 Å². The van der Waals surface area contributed by atoms with Crippen molar-refractivity contribution in [3.05, 3.63) is 35.9 Å². The van der Waals surface area contributed by atoms with Gasteiger partial charge in [0.25, 0.3) is 0 Å². The van der Waals surface area contributed by atoms with Crippen LogP contribution in [0.4, 0.5) is 0 Å². The number of morpholine rings is 1. The van der Waals surface area contributed by atoms with Gasteiger partial charge in [-0.2, -0.15) is 0 Å². The lowest BCUT2D eigenvalue weighted by molar-refractivity contribution is -0.156. The van der Waals surface area contributed by atoms with E-state index in [4.69, 9.17) is 14.6 Å². The van der Waals surface area contributed by atoms with Crippen molar-refractivity contribution in [3.63, 3.8) is 0 Å². The number of amides is 1. The maximum absolute atomic E-state index is 13.0. The van der Waals surface area contributed by atoms with Crippen molar-refractivity contribution >= 4 is 11.9 Å². The van der Waals surface area contributed by atoms with Gasteiger partial charge in [0.15, 0.2) is 0 Å². The number of carbonyl (C=O) groups is 2. The average molecular weight is 333 g/mol. The van der Waals surface area contributed by atoms with E-state index in [0.29, 0.717) is 26.3 Å². The second-order valence-electron chi connectivity index (χ2n) is 6.33. The van der Waals surface area contributed by atoms with Gasteiger partial charge in [0.1, 0.15) is 0 Å². The number of ether oxygens (including phenoxy) is 2. The molecular formula is C18H23NO5. The summed E-state index contributed by atoms with van der Waals surface area (Å²) >= 11 is 0. The molecular weight excluding hydrogens is 310 g/mol. The summed E-state index contributed by atoms with van der Waals surface area (Å²) in [7, 11) is 0. The van der Waals surface area contributed by atoms with E-state index in [1.54, 1.807) is 4.90 Å². The summed E-state index contributed by atoms with van der Waals surface area (Å²) in [5.74, 6) is -1.08. The van der Waals surface area contributed by atoms with E-state index in [1.807, 2.05) is 30.3 Å². The number of nitrogens with zero attached hydrogens (tertiary/aromatic N) is 1. The molecule has 0 saturated carbocycles. The Bertz CT molecular complexity index is 576. The van der Waals surface area contributed by atoms with Crippen molar-refractivity contribution < 1.29 is 24.2 Å². The lowest BCUT2D eigenvalue weighted by Crippen LogP contribution is -2.49. The predicted molar refractivity (Wildman–Crippen MR) is 86.4 cm³/mol. The molecule has 2 fully saturated rings. The highest BCUT2D eigenvalue weighted by molar-refractivity contribution is 5.80. The maximum atomic E-state index is 13.0. The summed E-state index contributed by atoms with van der Waals surface area (Å²) in [6.07, 6.45) is 0.919. The van der Waals surface area contributed by atoms with Crippen LogP contribution in [0.25, 0.3) is 0 Å². The van der Waals surface area contributed by atoms with E-state index in [2.05, 4.69) is 0 Å². The molecule has 24 heavy (non-hydrogen) atoms. The molecule has 2 aliphatic heterocycles. The monoisotopic (exact) mass is 333 g/mol. The van der Waals surface area contributed by atoms with Crippen LogP contribution < -0.4 is 0 Å². The average Bonchev–Trinajstić information content (AvgIpc) is 2.61. The molecule has 1 aromatic rings. The van der Waals surface area contributed by atoms with Crippen molar-refractivity contribution in [3.8, 4) is 0 Å². The van der Waals surface area contributed by atoms with Gasteiger partial charge in [-0.15, -0.1) is 0 Å². The Balaban J connectivity index is 1.71. The first-order chi connectivity index (χ1) is 11.6. The molecule has 1 aromatic carbocycles. The minimum atomic E-state index is -0.905. The van der Waals surface area contributed by atoms with Gasteiger partial charge in [-0.05, 0) is 18.4 Å². The van der Waals surface area contributed by atoms with Gasteiger partial charge < -0.3 is 19.5 Å². The van der Waals surface area contributed by atoms with Crippen molar-refractivity contribution in [1.82, 2.24) is 4.90 Å². The summed E-state index contributed by atoms with van der Waals surface area (Å²) in [4.78, 5) is 25.6. The molecule has 0 bridgehead atoms. The highest BCUT2D eigenvalue weighted by Gasteiger charge is 2.37. The van der Waals surface area contributed by atoms with Crippen molar-refractivity contribution in [2.75, 3.05) is 26.3 Å². The molecule has 2 heterocycles. The van der Waals surface area contributed by atoms with Crippen LogP contribution in [0.15, 0.2) is 30.3 Å². The van der Waals surface area contributed by atoms with Gasteiger partial charge in [0.2, 0.25) is 5.91 Å². The number of aliphatic carboxylic acids is 1. The molecule has 0 aromatic heterocycles. The summed E-state index contributed by atoms with van der Waals surface area (Å²) in [5, 5.41) is 8.93. The molecule has 2 saturated heterocycles. The first-order valence-electron chi connectivity index (χ1n) is 8.44. The summed E-state index contributed by atoms with van der Waals surface area (Å²) in [5.41, 5.74) is 1.02. The molecule has 6 nitrogen and oxygen atoms in total. The Kier molecular flexibility index (Phi) is 5.48. The fourth-order valence-electron chi connectivity index (χ4n) is 3.48. The third-order valence-corrected chi connectivity index (χ3v) is 4.62. The van der Waals surface area contributed by atoms with Crippen LogP contribution in [0, 0.1) is 5.92 Å². The smallest absolute Gasteiger partial charge is 0.306 e. The number of carboxylic acid groups (broad SMARTS) is 1. The second kappa shape index (κ2) is 7.77. The predicted octanol–water partition coefficient (Wildman–Crippen LogP) is 1.86. The minimum absolute atomic E-state index is 0.0437. The quantitative estimate of drug-likeness (QED) is 0.910. The molecule has 1 N–H and O–H groups in total. The van der Waals surface area contributed by atoms with Crippen LogP contribution in [-0.4, -0.2) is 54.3 Å². The Morgan fingerprint density at radius 2 is 1.96 bits per heavy atom. The molecule has 0 aliphatic carbocycles. The molecule has 6 heteroatoms. The van der Waals surface area contributed by atoms with E-state index >= 15 is 0 Å². The van der Waals surface area contributed by atoms with E-state index in [1.165, 1.54) is 0 Å². The zero-order valence-electron chi connectivity index (χ0n) is 13.6. The molecule has 0 radical (unpaired) electrons. The van der Waals surface area contributed by atoms with Gasteiger partial charge >= 0.3 is 5.97 Å². The Morgan fingerprint density at radius 1 is 1.17 bits per heavy atom. The third kappa shape index (κ3) is 3.94. The summed E-state index contributed by atoms with van der Waals surface area (Å²) in [6.45, 7) is 1.89. The number of benzene rings is 1. The first-order valence-corrected chi connectivity index (χ1v) is 8.44. The van der Waals surface area contributed by atoms with Crippen LogP contribution >= 0.6 is 0 Å². The highest BCUT2D eigenvalue weighted by Crippen LogP contribution is 2.35. The topological polar surface area (TPSA) is 76.1 Å². The normalized spacial score (nSPS) is 27.7. The first kappa shape index (κ1) is 16.9. The van der Waals surface area contributed by atoms with Crippen LogP contribution in [0.2, 0.25) is 0 Å². The third-order valence-electron chi connectivity index (χ3n) is 4.62. The SMILES string of the molecule is O=C(O)C[C@@H]1CN(C(=O)[C@@H]2CCCO[C@@H]2c2ccccc2)CCO1. The molecule has 1 amide bonds. The number of carbonyl (C=O) groups excluding carboxylic acids is 1. The molecule has 2 aliphatic rings. The summed E-state index contributed by atoms with van der Waals surface area (Å²) in [6, 6.07) is 9.83. The number of hydrogen-bond acceptors (Lipinski definition) is 4. The molecule has 3 rings (SSSR count). The van der Waals surface area contributed by atoms with E-state index in [0.717, 1.165) is 18.4 Å². The van der Waals surface area contributed by atoms with Gasteiger partial charge in [0.05, 0.1) is 31.2 Å². The van der Waals surface area contributed by atoms with Crippen LogP contribution in [0.1, 0.15) is 30.9 Å². The van der Waals surface area contributed by atoms with Gasteiger partial charge in [-0.1, -0.05) is 30.3 Å². The van der Waals surface area contributed by atoms with Crippen LogP contribution in [0.3, 0.4) is 0 Å². The van der Waals surface area contributed by atoms with Crippen LogP contribution in [-0.2, 0) is 19.1 Å². The standard InChI is InChI=1S/C18H23NO5/c20-16(21)11-14-12-19(8-10-23-14)18(22)15-7-4-9-24-17(15)13-5-2-1-3-6-13/h1-3,5-6,14-15,17H,4,7-12H2,(H,20,21)/t14-,15-,17-/m1/s1. The molecule has 130 valence electrons. The van der Waals surface area contributed by atoms with Gasteiger partial charge in [0, 0.05) is 19.7 Å². The van der Waals surface area contributed by atoms with Crippen molar-refractivity contribution in [1.29, 1.82) is 0 Å². The largest absolute Gasteiger partial charge is 0.481 e. The lowest BCUT2D eigenvalue weighted by Gasteiger charge is -2.38. The second-order valence-corrected chi connectivity index (χ2v) is 6.33. The lowest BCUT2D eigenvalue weighted by atomic mass is 9.88. The molecule has 0 spiro atoms. The van der Waals surface area contributed by atoms with E-state index < -0.39 is 12.1 Å². The Labute approximate surface area is 141 Å². The van der Waals surface area contributed by atoms with E-state index in [-0.39, 0.29) is 24.3 Å². The van der Waals surface area contributed by atoms with Gasteiger partial charge in [-0.25, -0.2) is 0 Å². The van der Waals surface area contributed by atoms with Gasteiger partial charge in [-0.3, -0.25) is 9.59 Å². The number of rotatable bonds is 4. The molecule has 0 unspecified atom stereocenters. The fourth-order valence-corrected chi connectivity index (χ4v) is 3.48. The Morgan fingerprint density at radius 3 is 2.71 bits per heavy atom. The van der Waals surface area contributed by atoms with Crippen LogP contribution in [0.5, 0.6) is 0 Å². The number of carboxylic acids is 1. The fraction of sp³-hybridized carbons (Fsp3) is 0.556. The maximum Gasteiger partial charge on any atom is 0.306 e.